The fraction of sp³-hybridized carbons (Fsp3) is 0.667. The van der Waals surface area contributed by atoms with Gasteiger partial charge in [0.05, 0.1) is 12.2 Å². The van der Waals surface area contributed by atoms with Gasteiger partial charge in [0, 0.05) is 31.4 Å². The second kappa shape index (κ2) is 6.75. The SMILES string of the molecule is CC(C)NCc1ccc(CN(CC(F)(F)F)C2CC2)nc1. The average Bonchev–Trinajstić information content (AvgIpc) is 3.19. The van der Waals surface area contributed by atoms with Crippen LogP contribution >= 0.6 is 0 Å². The van der Waals surface area contributed by atoms with Crippen molar-refractivity contribution in [2.75, 3.05) is 6.54 Å². The number of hydrogen-bond donors (Lipinski definition) is 1. The largest absolute Gasteiger partial charge is 0.401 e. The summed E-state index contributed by atoms with van der Waals surface area (Å²) >= 11 is 0. The van der Waals surface area contributed by atoms with Crippen molar-refractivity contribution < 1.29 is 13.2 Å². The minimum absolute atomic E-state index is 0.0655. The number of alkyl halides is 3. The zero-order valence-corrected chi connectivity index (χ0v) is 12.5. The molecule has 1 aliphatic carbocycles. The van der Waals surface area contributed by atoms with E-state index in [4.69, 9.17) is 0 Å². The molecule has 0 radical (unpaired) electrons. The Hall–Kier alpha value is -1.14. The van der Waals surface area contributed by atoms with Crippen molar-refractivity contribution in [1.82, 2.24) is 15.2 Å². The van der Waals surface area contributed by atoms with Crippen molar-refractivity contribution in [2.45, 2.75) is 58.0 Å². The Morgan fingerprint density at radius 1 is 1.33 bits per heavy atom. The second-order valence-corrected chi connectivity index (χ2v) is 5.94. The van der Waals surface area contributed by atoms with Crippen LogP contribution in [-0.2, 0) is 13.1 Å². The van der Waals surface area contributed by atoms with Gasteiger partial charge in [0.15, 0.2) is 0 Å². The quantitative estimate of drug-likeness (QED) is 0.839. The molecular weight excluding hydrogens is 279 g/mol. The van der Waals surface area contributed by atoms with Crippen LogP contribution in [0.15, 0.2) is 18.3 Å². The summed E-state index contributed by atoms with van der Waals surface area (Å²) in [5.41, 5.74) is 1.74. The second-order valence-electron chi connectivity index (χ2n) is 5.94. The van der Waals surface area contributed by atoms with E-state index in [9.17, 15) is 13.2 Å². The highest BCUT2D eigenvalue weighted by Crippen LogP contribution is 2.31. The highest BCUT2D eigenvalue weighted by Gasteiger charge is 2.38. The molecular formula is C15H22F3N3. The van der Waals surface area contributed by atoms with E-state index < -0.39 is 12.7 Å². The summed E-state index contributed by atoms with van der Waals surface area (Å²) in [4.78, 5) is 5.77. The first kappa shape index (κ1) is 16.2. The molecule has 0 aromatic carbocycles. The Kier molecular flexibility index (Phi) is 5.22. The van der Waals surface area contributed by atoms with Crippen LogP contribution < -0.4 is 5.32 Å². The molecule has 0 unspecified atom stereocenters. The summed E-state index contributed by atoms with van der Waals surface area (Å²) in [5, 5.41) is 3.28. The summed E-state index contributed by atoms with van der Waals surface area (Å²) < 4.78 is 37.7. The lowest BCUT2D eigenvalue weighted by atomic mass is 10.2. The van der Waals surface area contributed by atoms with E-state index in [-0.39, 0.29) is 12.6 Å². The highest BCUT2D eigenvalue weighted by molar-refractivity contribution is 5.14. The van der Waals surface area contributed by atoms with Gasteiger partial charge in [-0.1, -0.05) is 19.9 Å². The maximum absolute atomic E-state index is 12.6. The lowest BCUT2D eigenvalue weighted by Crippen LogP contribution is -2.35. The molecule has 1 heterocycles. The van der Waals surface area contributed by atoms with Gasteiger partial charge in [0.2, 0.25) is 0 Å². The number of nitrogens with one attached hydrogen (secondary N) is 1. The number of nitrogens with zero attached hydrogens (tertiary/aromatic N) is 2. The van der Waals surface area contributed by atoms with Gasteiger partial charge in [-0.25, -0.2) is 0 Å². The minimum atomic E-state index is -4.15. The zero-order valence-electron chi connectivity index (χ0n) is 12.5. The van der Waals surface area contributed by atoms with Gasteiger partial charge in [0.25, 0.3) is 0 Å². The Balaban J connectivity index is 1.91. The van der Waals surface area contributed by atoms with E-state index >= 15 is 0 Å². The van der Waals surface area contributed by atoms with Crippen LogP contribution in [0, 0.1) is 0 Å². The van der Waals surface area contributed by atoms with Crippen molar-refractivity contribution in [2.24, 2.45) is 0 Å². The summed E-state index contributed by atoms with van der Waals surface area (Å²) in [6, 6.07) is 4.21. The van der Waals surface area contributed by atoms with E-state index in [0.29, 0.717) is 11.7 Å². The smallest absolute Gasteiger partial charge is 0.310 e. The molecule has 1 saturated carbocycles. The topological polar surface area (TPSA) is 28.2 Å². The normalized spacial score (nSPS) is 16.0. The van der Waals surface area contributed by atoms with Crippen molar-refractivity contribution in [3.8, 4) is 0 Å². The lowest BCUT2D eigenvalue weighted by Gasteiger charge is -2.23. The van der Waals surface area contributed by atoms with Crippen LogP contribution in [-0.4, -0.2) is 34.7 Å². The van der Waals surface area contributed by atoms with Crippen LogP contribution in [0.5, 0.6) is 0 Å². The summed E-state index contributed by atoms with van der Waals surface area (Å²) in [6.45, 7) is 4.26. The van der Waals surface area contributed by atoms with Crippen LogP contribution in [0.25, 0.3) is 0 Å². The van der Waals surface area contributed by atoms with Gasteiger partial charge in [-0.3, -0.25) is 9.88 Å². The zero-order chi connectivity index (χ0) is 15.5. The van der Waals surface area contributed by atoms with Crippen LogP contribution in [0.3, 0.4) is 0 Å². The first-order chi connectivity index (χ1) is 9.83. The molecule has 1 aromatic rings. The molecule has 1 N–H and O–H groups in total. The number of aromatic nitrogens is 1. The summed E-state index contributed by atoms with van der Waals surface area (Å²) in [7, 11) is 0. The molecule has 0 spiro atoms. The Bertz CT molecular complexity index is 438. The van der Waals surface area contributed by atoms with E-state index in [0.717, 1.165) is 24.9 Å². The molecule has 1 fully saturated rings. The third kappa shape index (κ3) is 6.01. The third-order valence-electron chi connectivity index (χ3n) is 3.41. The predicted molar refractivity (Wildman–Crippen MR) is 75.7 cm³/mol. The predicted octanol–water partition coefficient (Wildman–Crippen LogP) is 3.11. The third-order valence-corrected chi connectivity index (χ3v) is 3.41. The summed E-state index contributed by atoms with van der Waals surface area (Å²) in [6.07, 6.45) is -0.702. The van der Waals surface area contributed by atoms with E-state index in [1.807, 2.05) is 12.1 Å². The van der Waals surface area contributed by atoms with Gasteiger partial charge >= 0.3 is 6.18 Å². The summed E-state index contributed by atoms with van der Waals surface area (Å²) in [5.74, 6) is 0. The standard InChI is InChI=1S/C15H22F3N3/c1-11(2)19-7-12-3-4-13(20-8-12)9-21(14-5-6-14)10-15(16,17)18/h3-4,8,11,14,19H,5-7,9-10H2,1-2H3. The van der Waals surface area contributed by atoms with Gasteiger partial charge < -0.3 is 5.32 Å². The van der Waals surface area contributed by atoms with Crippen LogP contribution in [0.1, 0.15) is 37.9 Å². The minimum Gasteiger partial charge on any atom is -0.310 e. The Morgan fingerprint density at radius 2 is 2.05 bits per heavy atom. The van der Waals surface area contributed by atoms with Gasteiger partial charge in [0.1, 0.15) is 0 Å². The fourth-order valence-corrected chi connectivity index (χ4v) is 2.17. The first-order valence-electron chi connectivity index (χ1n) is 7.31. The van der Waals surface area contributed by atoms with E-state index in [1.54, 1.807) is 6.20 Å². The molecule has 0 bridgehead atoms. The Labute approximate surface area is 123 Å². The fourth-order valence-electron chi connectivity index (χ4n) is 2.17. The molecule has 0 amide bonds. The monoisotopic (exact) mass is 301 g/mol. The highest BCUT2D eigenvalue weighted by atomic mass is 19.4. The van der Waals surface area contributed by atoms with Crippen molar-refractivity contribution in [1.29, 1.82) is 0 Å². The molecule has 0 saturated heterocycles. The first-order valence-corrected chi connectivity index (χ1v) is 7.31. The molecule has 2 rings (SSSR count). The van der Waals surface area contributed by atoms with Crippen molar-refractivity contribution in [3.63, 3.8) is 0 Å². The van der Waals surface area contributed by atoms with Gasteiger partial charge in [-0.2, -0.15) is 13.2 Å². The molecule has 1 aromatic heterocycles. The molecule has 1 aliphatic rings. The van der Waals surface area contributed by atoms with Crippen LogP contribution in [0.4, 0.5) is 13.2 Å². The molecule has 118 valence electrons. The van der Waals surface area contributed by atoms with E-state index in [2.05, 4.69) is 24.1 Å². The molecule has 6 heteroatoms. The Morgan fingerprint density at radius 3 is 2.52 bits per heavy atom. The number of hydrogen-bond acceptors (Lipinski definition) is 3. The van der Waals surface area contributed by atoms with Crippen molar-refractivity contribution in [3.05, 3.63) is 29.6 Å². The number of pyridine rings is 1. The van der Waals surface area contributed by atoms with Crippen LogP contribution in [0.2, 0.25) is 0 Å². The molecule has 0 atom stereocenters. The molecule has 3 nitrogen and oxygen atoms in total. The average molecular weight is 301 g/mol. The molecule has 21 heavy (non-hydrogen) atoms. The van der Waals surface area contributed by atoms with E-state index in [1.165, 1.54) is 4.90 Å². The van der Waals surface area contributed by atoms with Crippen molar-refractivity contribution >= 4 is 0 Å². The lowest BCUT2D eigenvalue weighted by molar-refractivity contribution is -0.148. The van der Waals surface area contributed by atoms with Gasteiger partial charge in [-0.05, 0) is 24.5 Å². The molecule has 0 aliphatic heterocycles. The number of rotatable bonds is 7. The maximum Gasteiger partial charge on any atom is 0.401 e. The maximum atomic E-state index is 12.6. The number of halogens is 3. The van der Waals surface area contributed by atoms with Gasteiger partial charge in [-0.15, -0.1) is 0 Å².